The maximum Gasteiger partial charge on any atom is 0.323 e. The number of carbonyl (C=O) groups is 1. The van der Waals surface area contributed by atoms with E-state index < -0.39 is 11.0 Å². The number of benzene rings is 1. The van der Waals surface area contributed by atoms with E-state index in [2.05, 4.69) is 10.6 Å². The molecule has 2 N–H and O–H groups in total. The van der Waals surface area contributed by atoms with E-state index in [4.69, 9.17) is 4.74 Å². The first-order valence-corrected chi connectivity index (χ1v) is 7.58. The highest BCUT2D eigenvalue weighted by Crippen LogP contribution is 2.30. The standard InChI is InChI=1S/C16H21N3O4/c1-11(12-5-3-4-6-12)10-17-16(20)18-14-9-13(19(21)22)7-8-15(14)23-2/h7-10,12H,3-6H2,1-2H3,(H2,17,18,20)/b11-10+. The number of nitro groups is 1. The van der Waals surface area contributed by atoms with Gasteiger partial charge in [0.2, 0.25) is 0 Å². The Labute approximate surface area is 134 Å². The third-order valence-corrected chi connectivity index (χ3v) is 4.07. The van der Waals surface area contributed by atoms with Crippen molar-refractivity contribution >= 4 is 17.4 Å². The maximum atomic E-state index is 12.0. The van der Waals surface area contributed by atoms with Gasteiger partial charge in [-0.15, -0.1) is 0 Å². The molecule has 0 atom stereocenters. The lowest BCUT2D eigenvalue weighted by atomic mass is 10.0. The SMILES string of the molecule is COc1ccc([N+](=O)[O-])cc1NC(=O)N/C=C(\C)C1CCCC1. The molecule has 2 rings (SSSR count). The Balaban J connectivity index is 2.02. The highest BCUT2D eigenvalue weighted by Gasteiger charge is 2.17. The molecule has 7 nitrogen and oxygen atoms in total. The van der Waals surface area contributed by atoms with E-state index in [1.165, 1.54) is 38.2 Å². The normalized spacial score (nSPS) is 15.3. The lowest BCUT2D eigenvalue weighted by Crippen LogP contribution is -2.25. The molecule has 2 amide bonds. The summed E-state index contributed by atoms with van der Waals surface area (Å²) in [7, 11) is 1.44. The third-order valence-electron chi connectivity index (χ3n) is 4.07. The molecule has 1 saturated carbocycles. The molecule has 0 aromatic heterocycles. The Morgan fingerprint density at radius 1 is 1.39 bits per heavy atom. The zero-order valence-corrected chi connectivity index (χ0v) is 13.3. The summed E-state index contributed by atoms with van der Waals surface area (Å²) in [6, 6.07) is 3.59. The van der Waals surface area contributed by atoms with Gasteiger partial charge in [0.1, 0.15) is 5.75 Å². The molecule has 0 bridgehead atoms. The minimum absolute atomic E-state index is 0.112. The van der Waals surface area contributed by atoms with Crippen LogP contribution in [-0.2, 0) is 0 Å². The number of methoxy groups -OCH3 is 1. The van der Waals surface area contributed by atoms with E-state index in [0.29, 0.717) is 11.7 Å². The number of anilines is 1. The van der Waals surface area contributed by atoms with Crippen molar-refractivity contribution in [2.24, 2.45) is 5.92 Å². The average molecular weight is 319 g/mol. The molecule has 1 aliphatic rings. The average Bonchev–Trinajstić information content (AvgIpc) is 3.07. The number of carbonyl (C=O) groups excluding carboxylic acids is 1. The van der Waals surface area contributed by atoms with Gasteiger partial charge in [-0.2, -0.15) is 0 Å². The Morgan fingerprint density at radius 2 is 2.09 bits per heavy atom. The number of nitrogens with one attached hydrogen (secondary N) is 2. The van der Waals surface area contributed by atoms with Crippen molar-refractivity contribution in [2.45, 2.75) is 32.6 Å². The van der Waals surface area contributed by atoms with Gasteiger partial charge < -0.3 is 15.4 Å². The van der Waals surface area contributed by atoms with Gasteiger partial charge in [0.25, 0.3) is 5.69 Å². The van der Waals surface area contributed by atoms with Crippen LogP contribution in [0.1, 0.15) is 32.6 Å². The van der Waals surface area contributed by atoms with Crippen LogP contribution in [0.4, 0.5) is 16.2 Å². The van der Waals surface area contributed by atoms with Crippen LogP contribution in [0.5, 0.6) is 5.75 Å². The molecular formula is C16H21N3O4. The van der Waals surface area contributed by atoms with Crippen LogP contribution < -0.4 is 15.4 Å². The highest BCUT2D eigenvalue weighted by atomic mass is 16.6. The van der Waals surface area contributed by atoms with Crippen molar-refractivity contribution in [3.63, 3.8) is 0 Å². The van der Waals surface area contributed by atoms with Crippen LogP contribution in [0.3, 0.4) is 0 Å². The van der Waals surface area contributed by atoms with Crippen LogP contribution in [0.15, 0.2) is 30.0 Å². The summed E-state index contributed by atoms with van der Waals surface area (Å²) in [6.07, 6.45) is 6.48. The largest absolute Gasteiger partial charge is 0.495 e. The van der Waals surface area contributed by atoms with Crippen LogP contribution in [0, 0.1) is 16.0 Å². The second-order valence-corrected chi connectivity index (χ2v) is 5.61. The monoisotopic (exact) mass is 319 g/mol. The number of hydrogen-bond acceptors (Lipinski definition) is 4. The third kappa shape index (κ3) is 4.45. The lowest BCUT2D eigenvalue weighted by Gasteiger charge is -2.12. The van der Waals surface area contributed by atoms with Gasteiger partial charge in [-0.05, 0) is 31.7 Å². The summed E-state index contributed by atoms with van der Waals surface area (Å²) in [5.41, 5.74) is 1.29. The molecule has 1 fully saturated rings. The molecule has 7 heteroatoms. The molecule has 0 aliphatic heterocycles. The number of nitrogens with zero attached hydrogens (tertiary/aromatic N) is 1. The number of non-ortho nitro benzene ring substituents is 1. The molecule has 0 spiro atoms. The molecule has 23 heavy (non-hydrogen) atoms. The molecule has 124 valence electrons. The summed E-state index contributed by atoms with van der Waals surface area (Å²) < 4.78 is 5.11. The van der Waals surface area contributed by atoms with Crippen molar-refractivity contribution in [1.29, 1.82) is 0 Å². The van der Waals surface area contributed by atoms with Gasteiger partial charge >= 0.3 is 6.03 Å². The summed E-state index contributed by atoms with van der Waals surface area (Å²) in [5.74, 6) is 0.893. The fourth-order valence-electron chi connectivity index (χ4n) is 2.74. The molecule has 0 saturated heterocycles. The van der Waals surface area contributed by atoms with Gasteiger partial charge in [0, 0.05) is 18.3 Å². The Bertz CT molecular complexity index is 622. The van der Waals surface area contributed by atoms with Gasteiger partial charge in [0.05, 0.1) is 17.7 Å². The van der Waals surface area contributed by atoms with E-state index in [-0.39, 0.29) is 11.4 Å². The smallest absolute Gasteiger partial charge is 0.323 e. The number of hydrogen-bond donors (Lipinski definition) is 2. The molecular weight excluding hydrogens is 298 g/mol. The Kier molecular flexibility index (Phi) is 5.56. The Morgan fingerprint density at radius 3 is 2.70 bits per heavy atom. The number of allylic oxidation sites excluding steroid dienone is 1. The molecule has 1 aromatic carbocycles. The minimum atomic E-state index is -0.521. The summed E-state index contributed by atoms with van der Waals surface area (Å²) in [6.45, 7) is 2.00. The van der Waals surface area contributed by atoms with E-state index in [0.717, 1.165) is 18.4 Å². The predicted molar refractivity (Wildman–Crippen MR) is 87.5 cm³/mol. The fourth-order valence-corrected chi connectivity index (χ4v) is 2.74. The summed E-state index contributed by atoms with van der Waals surface area (Å²) in [5, 5.41) is 16.1. The minimum Gasteiger partial charge on any atom is -0.495 e. The summed E-state index contributed by atoms with van der Waals surface area (Å²) in [4.78, 5) is 22.3. The Hall–Kier alpha value is -2.57. The molecule has 0 unspecified atom stereocenters. The molecule has 0 heterocycles. The van der Waals surface area contributed by atoms with Crippen LogP contribution in [0.2, 0.25) is 0 Å². The van der Waals surface area contributed by atoms with Crippen molar-refractivity contribution in [1.82, 2.24) is 5.32 Å². The van der Waals surface area contributed by atoms with Crippen molar-refractivity contribution in [3.8, 4) is 5.75 Å². The van der Waals surface area contributed by atoms with Gasteiger partial charge in [-0.3, -0.25) is 10.1 Å². The molecule has 1 aliphatic carbocycles. The van der Waals surface area contributed by atoms with Gasteiger partial charge in [0.15, 0.2) is 0 Å². The van der Waals surface area contributed by atoms with E-state index in [1.807, 2.05) is 6.92 Å². The lowest BCUT2D eigenvalue weighted by molar-refractivity contribution is -0.384. The van der Waals surface area contributed by atoms with Crippen molar-refractivity contribution in [3.05, 3.63) is 40.1 Å². The first-order chi connectivity index (χ1) is 11.0. The van der Waals surface area contributed by atoms with Crippen molar-refractivity contribution < 1.29 is 14.5 Å². The first kappa shape index (κ1) is 16.8. The fraction of sp³-hybridized carbons (Fsp3) is 0.438. The molecule has 0 radical (unpaired) electrons. The highest BCUT2D eigenvalue weighted by molar-refractivity contribution is 5.92. The zero-order valence-electron chi connectivity index (χ0n) is 13.3. The van der Waals surface area contributed by atoms with Crippen molar-refractivity contribution in [2.75, 3.05) is 12.4 Å². The van der Waals surface area contributed by atoms with E-state index in [9.17, 15) is 14.9 Å². The number of nitro benzene ring substituents is 1. The number of urea groups is 1. The maximum absolute atomic E-state index is 12.0. The van der Waals surface area contributed by atoms with Gasteiger partial charge in [-0.25, -0.2) is 4.79 Å². The van der Waals surface area contributed by atoms with E-state index in [1.54, 1.807) is 6.20 Å². The second-order valence-electron chi connectivity index (χ2n) is 5.61. The number of ether oxygens (including phenoxy) is 1. The van der Waals surface area contributed by atoms with Crippen LogP contribution in [0.25, 0.3) is 0 Å². The molecule has 1 aromatic rings. The summed E-state index contributed by atoms with van der Waals surface area (Å²) >= 11 is 0. The number of rotatable bonds is 5. The first-order valence-electron chi connectivity index (χ1n) is 7.58. The topological polar surface area (TPSA) is 93.5 Å². The zero-order chi connectivity index (χ0) is 16.8. The number of amides is 2. The quantitative estimate of drug-likeness (QED) is 0.637. The van der Waals surface area contributed by atoms with E-state index >= 15 is 0 Å². The van der Waals surface area contributed by atoms with Crippen LogP contribution in [-0.4, -0.2) is 18.1 Å². The van der Waals surface area contributed by atoms with Crippen LogP contribution >= 0.6 is 0 Å². The van der Waals surface area contributed by atoms with Gasteiger partial charge in [-0.1, -0.05) is 18.4 Å². The predicted octanol–water partition coefficient (Wildman–Crippen LogP) is 3.82. The second kappa shape index (κ2) is 7.62.